The summed E-state index contributed by atoms with van der Waals surface area (Å²) in [4.78, 5) is 3.53. The van der Waals surface area contributed by atoms with E-state index in [9.17, 15) is 4.39 Å². The third-order valence-electron chi connectivity index (χ3n) is 1.04. The van der Waals surface area contributed by atoms with Crippen molar-refractivity contribution in [3.05, 3.63) is 28.8 Å². The van der Waals surface area contributed by atoms with Crippen LogP contribution in [0.2, 0.25) is 5.15 Å². The van der Waals surface area contributed by atoms with E-state index in [-0.39, 0.29) is 5.15 Å². The summed E-state index contributed by atoms with van der Waals surface area (Å²) in [7, 11) is 0. The Kier molecular flexibility index (Phi) is 10.8. The molecule has 0 bridgehead atoms. The summed E-state index contributed by atoms with van der Waals surface area (Å²) in [5.41, 5.74) is 0.523. The quantitative estimate of drug-likeness (QED) is 0.578. The van der Waals surface area contributed by atoms with Crippen molar-refractivity contribution in [1.29, 1.82) is 0 Å². The van der Waals surface area contributed by atoms with Gasteiger partial charge in [0.25, 0.3) is 0 Å². The molecule has 0 unspecified atom stereocenters. The molecule has 1 aromatic heterocycles. The van der Waals surface area contributed by atoms with E-state index in [0.29, 0.717) is 5.56 Å². The van der Waals surface area contributed by atoms with Gasteiger partial charge in [0.1, 0.15) is 0 Å². The number of nitrogens with zero attached hydrogens (tertiary/aromatic N) is 1. The van der Waals surface area contributed by atoms with Crippen molar-refractivity contribution < 1.29 is 4.39 Å². The van der Waals surface area contributed by atoms with Crippen LogP contribution >= 0.6 is 11.6 Å². The summed E-state index contributed by atoms with van der Waals surface area (Å²) in [5.74, 6) is -0.431. The number of rotatable bonds is 0. The van der Waals surface area contributed by atoms with Crippen LogP contribution < -0.4 is 0 Å². The molecule has 1 heterocycles. The monoisotopic (exact) mass is 205 g/mol. The molecular weight excluding hydrogens is 189 g/mol. The van der Waals surface area contributed by atoms with Crippen LogP contribution in [0, 0.1) is 12.7 Å². The maximum atomic E-state index is 12.5. The maximum Gasteiger partial charge on any atom is 0.164 e. The van der Waals surface area contributed by atoms with Gasteiger partial charge < -0.3 is 0 Å². The molecule has 0 amide bonds. The molecule has 1 rings (SSSR count). The predicted molar refractivity (Wildman–Crippen MR) is 56.6 cm³/mol. The minimum atomic E-state index is -0.431. The zero-order chi connectivity index (χ0) is 10.9. The first-order valence-corrected chi connectivity index (χ1v) is 4.86. The molecule has 13 heavy (non-hydrogen) atoms. The second-order valence-electron chi connectivity index (χ2n) is 1.73. The van der Waals surface area contributed by atoms with Gasteiger partial charge in [0.15, 0.2) is 11.0 Å². The van der Waals surface area contributed by atoms with Gasteiger partial charge >= 0.3 is 0 Å². The summed E-state index contributed by atoms with van der Waals surface area (Å²) in [6, 6.07) is 1.57. The fourth-order valence-corrected chi connectivity index (χ4v) is 0.712. The molecule has 1 aromatic rings. The predicted octanol–water partition coefficient (Wildman–Crippen LogP) is 4.23. The second kappa shape index (κ2) is 9.46. The summed E-state index contributed by atoms with van der Waals surface area (Å²) in [5, 5.41) is -0.0602. The molecule has 0 aliphatic rings. The van der Waals surface area contributed by atoms with E-state index in [1.165, 1.54) is 6.20 Å². The fourth-order valence-electron chi connectivity index (χ4n) is 0.507. The van der Waals surface area contributed by atoms with Crippen molar-refractivity contribution in [3.63, 3.8) is 0 Å². The summed E-state index contributed by atoms with van der Waals surface area (Å²) < 4.78 is 12.5. The van der Waals surface area contributed by atoms with Crippen LogP contribution in [0.25, 0.3) is 0 Å². The minimum Gasteiger partial charge on any atom is -0.242 e. The van der Waals surface area contributed by atoms with Gasteiger partial charge in [0, 0.05) is 6.20 Å². The average Bonchev–Trinajstić information content (AvgIpc) is 2.20. The Bertz CT molecular complexity index is 206. The van der Waals surface area contributed by atoms with E-state index in [1.807, 2.05) is 27.7 Å². The lowest BCUT2D eigenvalue weighted by Gasteiger charge is -1.93. The number of pyridine rings is 1. The largest absolute Gasteiger partial charge is 0.242 e. The third kappa shape index (κ3) is 5.58. The normalized spacial score (nSPS) is 7.62. The lowest BCUT2D eigenvalue weighted by Crippen LogP contribution is -1.84. The molecular formula is C10H17ClFN. The fraction of sp³-hybridized carbons (Fsp3) is 0.500. The first-order chi connectivity index (χ1) is 6.22. The van der Waals surface area contributed by atoms with Gasteiger partial charge in [-0.05, 0) is 18.6 Å². The van der Waals surface area contributed by atoms with Gasteiger partial charge in [-0.3, -0.25) is 0 Å². The summed E-state index contributed by atoms with van der Waals surface area (Å²) in [6.07, 6.45) is 1.47. The van der Waals surface area contributed by atoms with Crippen molar-refractivity contribution in [3.8, 4) is 0 Å². The van der Waals surface area contributed by atoms with Crippen molar-refractivity contribution in [1.82, 2.24) is 4.98 Å². The zero-order valence-corrected chi connectivity index (χ0v) is 9.61. The number of halogens is 2. The lowest BCUT2D eigenvalue weighted by molar-refractivity contribution is 0.612. The van der Waals surface area contributed by atoms with E-state index >= 15 is 0 Å². The maximum absolute atomic E-state index is 12.5. The first kappa shape index (κ1) is 14.9. The average molecular weight is 206 g/mol. The smallest absolute Gasteiger partial charge is 0.164 e. The van der Waals surface area contributed by atoms with Crippen LogP contribution in [-0.4, -0.2) is 4.98 Å². The Morgan fingerprint density at radius 3 is 2.00 bits per heavy atom. The van der Waals surface area contributed by atoms with Crippen molar-refractivity contribution in [2.24, 2.45) is 0 Å². The van der Waals surface area contributed by atoms with Crippen LogP contribution in [0.3, 0.4) is 0 Å². The molecule has 0 aromatic carbocycles. The standard InChI is InChI=1S/C6H5ClFN.2C2H6/c1-4-2-3-9-6(7)5(4)8;2*1-2/h2-3H,1H3;2*1-2H3. The zero-order valence-electron chi connectivity index (χ0n) is 8.86. The van der Waals surface area contributed by atoms with Crippen molar-refractivity contribution in [2.75, 3.05) is 0 Å². The van der Waals surface area contributed by atoms with Gasteiger partial charge in [0.05, 0.1) is 0 Å². The highest BCUT2D eigenvalue weighted by atomic mass is 35.5. The van der Waals surface area contributed by atoms with Gasteiger partial charge in [-0.25, -0.2) is 9.37 Å². The van der Waals surface area contributed by atoms with Gasteiger partial charge in [-0.1, -0.05) is 39.3 Å². The Labute approximate surface area is 85.0 Å². The highest BCUT2D eigenvalue weighted by Crippen LogP contribution is 2.12. The molecule has 0 aliphatic carbocycles. The number of hydrogen-bond donors (Lipinski definition) is 0. The highest BCUT2D eigenvalue weighted by molar-refractivity contribution is 6.29. The van der Waals surface area contributed by atoms with Crippen LogP contribution in [0.15, 0.2) is 12.3 Å². The van der Waals surface area contributed by atoms with Crippen molar-refractivity contribution in [2.45, 2.75) is 34.6 Å². The van der Waals surface area contributed by atoms with Gasteiger partial charge in [0.2, 0.25) is 0 Å². The second-order valence-corrected chi connectivity index (χ2v) is 2.09. The number of aromatic nitrogens is 1. The van der Waals surface area contributed by atoms with E-state index in [0.717, 1.165) is 0 Å². The molecule has 0 N–H and O–H groups in total. The Morgan fingerprint density at radius 1 is 1.23 bits per heavy atom. The van der Waals surface area contributed by atoms with Gasteiger partial charge in [-0.15, -0.1) is 0 Å². The summed E-state index contributed by atoms with van der Waals surface area (Å²) in [6.45, 7) is 9.64. The van der Waals surface area contributed by atoms with Gasteiger partial charge in [-0.2, -0.15) is 0 Å². The molecule has 0 saturated heterocycles. The van der Waals surface area contributed by atoms with Crippen LogP contribution in [0.5, 0.6) is 0 Å². The Hall–Kier alpha value is -0.630. The number of hydrogen-bond acceptors (Lipinski definition) is 1. The third-order valence-corrected chi connectivity index (χ3v) is 1.30. The van der Waals surface area contributed by atoms with E-state index < -0.39 is 5.82 Å². The first-order valence-electron chi connectivity index (χ1n) is 4.48. The molecule has 0 aliphatic heterocycles. The van der Waals surface area contributed by atoms with Crippen LogP contribution in [0.1, 0.15) is 33.3 Å². The SMILES string of the molecule is CC.CC.Cc1ccnc(Cl)c1F. The molecule has 0 spiro atoms. The van der Waals surface area contributed by atoms with E-state index in [1.54, 1.807) is 13.0 Å². The molecule has 0 radical (unpaired) electrons. The van der Waals surface area contributed by atoms with Crippen molar-refractivity contribution >= 4 is 11.6 Å². The molecule has 0 atom stereocenters. The lowest BCUT2D eigenvalue weighted by atomic mass is 10.3. The Morgan fingerprint density at radius 2 is 1.69 bits per heavy atom. The topological polar surface area (TPSA) is 12.9 Å². The van der Waals surface area contributed by atoms with Crippen LogP contribution in [-0.2, 0) is 0 Å². The van der Waals surface area contributed by atoms with Crippen LogP contribution in [0.4, 0.5) is 4.39 Å². The molecule has 1 nitrogen and oxygen atoms in total. The minimum absolute atomic E-state index is 0.0602. The summed E-state index contributed by atoms with van der Waals surface area (Å²) >= 11 is 5.33. The molecule has 3 heteroatoms. The number of aryl methyl sites for hydroxylation is 1. The highest BCUT2D eigenvalue weighted by Gasteiger charge is 2.00. The molecule has 0 saturated carbocycles. The van der Waals surface area contributed by atoms with E-state index in [2.05, 4.69) is 4.98 Å². The molecule has 0 fully saturated rings. The molecule has 76 valence electrons. The van der Waals surface area contributed by atoms with E-state index in [4.69, 9.17) is 11.6 Å². The Balaban J connectivity index is 0.